The van der Waals surface area contributed by atoms with Crippen LogP contribution in [0.3, 0.4) is 0 Å². The molecule has 1 unspecified atom stereocenters. The van der Waals surface area contributed by atoms with Gasteiger partial charge in [-0.1, -0.05) is 0 Å². The summed E-state index contributed by atoms with van der Waals surface area (Å²) in [4.78, 5) is 34.2. The summed E-state index contributed by atoms with van der Waals surface area (Å²) in [5.41, 5.74) is -1.55. The number of amides is 2. The first-order valence-corrected chi connectivity index (χ1v) is 5.76. The topological polar surface area (TPSA) is 116 Å². The Morgan fingerprint density at radius 1 is 1.37 bits per heavy atom. The number of nitrogens with one attached hydrogen (secondary N) is 1. The van der Waals surface area contributed by atoms with Gasteiger partial charge < -0.3 is 25.2 Å². The second-order valence-corrected chi connectivity index (χ2v) is 4.39. The van der Waals surface area contributed by atoms with Gasteiger partial charge in [0, 0.05) is 13.6 Å². The molecule has 0 radical (unpaired) electrons. The van der Waals surface area contributed by atoms with Crippen LogP contribution in [0.25, 0.3) is 0 Å². The molecule has 1 atom stereocenters. The van der Waals surface area contributed by atoms with Gasteiger partial charge in [-0.2, -0.15) is 0 Å². The molecule has 0 saturated carbocycles. The molecule has 0 fully saturated rings. The van der Waals surface area contributed by atoms with Crippen LogP contribution in [0.1, 0.15) is 20.3 Å². The van der Waals surface area contributed by atoms with E-state index in [0.717, 1.165) is 4.90 Å². The van der Waals surface area contributed by atoms with Crippen LogP contribution < -0.4 is 5.32 Å². The Morgan fingerprint density at radius 3 is 2.42 bits per heavy atom. The van der Waals surface area contributed by atoms with E-state index >= 15 is 0 Å². The maximum Gasteiger partial charge on any atom is 0.325 e. The molecular weight excluding hydrogens is 256 g/mol. The molecule has 8 nitrogen and oxygen atoms in total. The minimum atomic E-state index is -1.55. The van der Waals surface area contributed by atoms with Gasteiger partial charge in [-0.25, -0.2) is 4.79 Å². The van der Waals surface area contributed by atoms with Crippen molar-refractivity contribution in [3.8, 4) is 0 Å². The summed E-state index contributed by atoms with van der Waals surface area (Å²) >= 11 is 0. The van der Waals surface area contributed by atoms with E-state index in [1.165, 1.54) is 14.0 Å². The van der Waals surface area contributed by atoms with E-state index in [2.05, 4.69) is 10.1 Å². The lowest BCUT2D eigenvalue weighted by molar-refractivity contribution is -0.143. The average molecular weight is 276 g/mol. The molecule has 8 heteroatoms. The summed E-state index contributed by atoms with van der Waals surface area (Å²) in [6, 6.07) is -0.598. The van der Waals surface area contributed by atoms with Crippen LogP contribution in [-0.4, -0.2) is 65.4 Å². The quantitative estimate of drug-likeness (QED) is 0.535. The monoisotopic (exact) mass is 276 g/mol. The third-order valence-electron chi connectivity index (χ3n) is 2.17. The number of urea groups is 1. The number of esters is 1. The summed E-state index contributed by atoms with van der Waals surface area (Å²) in [5.74, 6) is -1.71. The van der Waals surface area contributed by atoms with Crippen molar-refractivity contribution in [1.29, 1.82) is 0 Å². The number of aliphatic carboxylic acids is 1. The molecular formula is C11H20N2O6. The van der Waals surface area contributed by atoms with Crippen LogP contribution in [-0.2, 0) is 14.3 Å². The van der Waals surface area contributed by atoms with Gasteiger partial charge in [-0.15, -0.1) is 0 Å². The fourth-order valence-corrected chi connectivity index (χ4v) is 1.26. The van der Waals surface area contributed by atoms with Crippen LogP contribution in [0, 0.1) is 0 Å². The minimum Gasteiger partial charge on any atom is -0.481 e. The van der Waals surface area contributed by atoms with E-state index in [1.807, 2.05) is 0 Å². The Bertz CT molecular complexity index is 342. The zero-order valence-corrected chi connectivity index (χ0v) is 11.3. The Kier molecular flexibility index (Phi) is 6.84. The number of ether oxygens (including phenoxy) is 1. The van der Waals surface area contributed by atoms with Gasteiger partial charge in [0.1, 0.15) is 6.54 Å². The highest BCUT2D eigenvalue weighted by atomic mass is 16.5. The number of likely N-dealkylation sites (N-methyl/N-ethyl adjacent to an activating group) is 1. The second kappa shape index (κ2) is 7.57. The van der Waals surface area contributed by atoms with Crippen molar-refractivity contribution >= 4 is 18.0 Å². The zero-order valence-electron chi connectivity index (χ0n) is 11.3. The van der Waals surface area contributed by atoms with Crippen LogP contribution in [0.4, 0.5) is 4.79 Å². The maximum atomic E-state index is 11.6. The van der Waals surface area contributed by atoms with Gasteiger partial charge in [0.25, 0.3) is 0 Å². The van der Waals surface area contributed by atoms with Gasteiger partial charge >= 0.3 is 18.0 Å². The molecule has 19 heavy (non-hydrogen) atoms. The van der Waals surface area contributed by atoms with Gasteiger partial charge in [0.2, 0.25) is 0 Å². The van der Waals surface area contributed by atoms with Gasteiger partial charge in [0.15, 0.2) is 0 Å². The van der Waals surface area contributed by atoms with Crippen molar-refractivity contribution in [2.45, 2.75) is 25.9 Å². The highest BCUT2D eigenvalue weighted by molar-refractivity contribution is 5.80. The van der Waals surface area contributed by atoms with Gasteiger partial charge in [-0.05, 0) is 13.8 Å². The lowest BCUT2D eigenvalue weighted by Gasteiger charge is -2.23. The van der Waals surface area contributed by atoms with E-state index in [4.69, 9.17) is 5.11 Å². The Hall–Kier alpha value is -1.83. The Morgan fingerprint density at radius 2 is 1.95 bits per heavy atom. The van der Waals surface area contributed by atoms with Crippen LogP contribution in [0.15, 0.2) is 0 Å². The first-order valence-electron chi connectivity index (χ1n) is 5.76. The number of hydrogen-bond donors (Lipinski definition) is 3. The first-order chi connectivity index (χ1) is 8.68. The summed E-state index contributed by atoms with van der Waals surface area (Å²) in [5, 5.41) is 20.6. The van der Waals surface area contributed by atoms with E-state index in [1.54, 1.807) is 6.92 Å². The summed E-state index contributed by atoms with van der Waals surface area (Å²) in [7, 11) is 1.39. The number of aliphatic hydroxyl groups is 1. The molecule has 3 N–H and O–H groups in total. The normalized spacial score (nSPS) is 13.3. The lowest BCUT2D eigenvalue weighted by atomic mass is 10.0. The average Bonchev–Trinajstić information content (AvgIpc) is 2.24. The van der Waals surface area contributed by atoms with Crippen molar-refractivity contribution in [2.24, 2.45) is 0 Å². The van der Waals surface area contributed by atoms with Crippen molar-refractivity contribution in [1.82, 2.24) is 10.2 Å². The number of hydrogen-bond acceptors (Lipinski definition) is 5. The Labute approximate surface area is 111 Å². The largest absolute Gasteiger partial charge is 0.481 e. The smallest absolute Gasteiger partial charge is 0.325 e. The number of rotatable bonds is 7. The van der Waals surface area contributed by atoms with Crippen molar-refractivity contribution < 1.29 is 29.3 Å². The molecule has 0 aromatic carbocycles. The molecule has 110 valence electrons. The summed E-state index contributed by atoms with van der Waals surface area (Å²) < 4.78 is 4.67. The molecule has 0 aliphatic carbocycles. The number of carboxylic acid groups (broad SMARTS) is 1. The van der Waals surface area contributed by atoms with Crippen LogP contribution >= 0.6 is 0 Å². The summed E-state index contributed by atoms with van der Waals surface area (Å²) in [6.07, 6.45) is -0.491. The van der Waals surface area contributed by atoms with E-state index in [-0.39, 0.29) is 19.7 Å². The molecule has 2 amide bonds. The fraction of sp³-hybridized carbons (Fsp3) is 0.727. The molecule has 0 aromatic heterocycles. The van der Waals surface area contributed by atoms with Crippen LogP contribution in [0.2, 0.25) is 0 Å². The molecule has 0 aliphatic heterocycles. The van der Waals surface area contributed by atoms with Crippen molar-refractivity contribution in [3.63, 3.8) is 0 Å². The molecule has 0 bridgehead atoms. The van der Waals surface area contributed by atoms with Crippen molar-refractivity contribution in [3.05, 3.63) is 0 Å². The lowest BCUT2D eigenvalue weighted by Crippen LogP contribution is -2.47. The Balaban J connectivity index is 4.16. The third kappa shape index (κ3) is 7.98. The van der Waals surface area contributed by atoms with Crippen molar-refractivity contribution in [2.75, 3.05) is 26.7 Å². The molecule has 0 saturated heterocycles. The van der Waals surface area contributed by atoms with Gasteiger partial charge in [0.05, 0.1) is 18.6 Å². The van der Waals surface area contributed by atoms with Crippen LogP contribution in [0.5, 0.6) is 0 Å². The highest BCUT2D eigenvalue weighted by Crippen LogP contribution is 2.07. The molecule has 0 aliphatic rings. The van der Waals surface area contributed by atoms with E-state index < -0.39 is 30.0 Å². The minimum absolute atomic E-state index is 0.221. The number of nitrogens with zero attached hydrogens (tertiary/aromatic N) is 1. The van der Waals surface area contributed by atoms with E-state index in [0.29, 0.717) is 0 Å². The van der Waals surface area contributed by atoms with E-state index in [9.17, 15) is 19.5 Å². The molecule has 0 heterocycles. The zero-order chi connectivity index (χ0) is 15.1. The maximum absolute atomic E-state index is 11.6. The molecule has 0 spiro atoms. The summed E-state index contributed by atoms with van der Waals surface area (Å²) in [6.45, 7) is 2.72. The first kappa shape index (κ1) is 17.2. The number of carboxylic acids is 1. The standard InChI is InChI=1S/C11H20N2O6/c1-4-19-9(16)6-13(3)10(17)12-7-11(2,18)5-8(14)15/h18H,4-7H2,1-3H3,(H,12,17)(H,14,15). The second-order valence-electron chi connectivity index (χ2n) is 4.39. The van der Waals surface area contributed by atoms with Gasteiger partial charge in [-0.3, -0.25) is 9.59 Å². The number of carbonyl (C=O) groups is 3. The number of carbonyl (C=O) groups excluding carboxylic acids is 2. The predicted octanol–water partition coefficient (Wildman–Crippen LogP) is -0.583. The fourth-order valence-electron chi connectivity index (χ4n) is 1.26. The SMILES string of the molecule is CCOC(=O)CN(C)C(=O)NCC(C)(O)CC(=O)O. The predicted molar refractivity (Wildman–Crippen MR) is 65.5 cm³/mol. The third-order valence-corrected chi connectivity index (χ3v) is 2.17. The highest BCUT2D eigenvalue weighted by Gasteiger charge is 2.25. The molecule has 0 aromatic rings. The molecule has 0 rings (SSSR count).